The second-order valence-corrected chi connectivity index (χ2v) is 7.04. The Morgan fingerprint density at radius 1 is 1.08 bits per heavy atom. The Kier molecular flexibility index (Phi) is 5.58. The molecule has 1 atom stereocenters. The molecule has 0 aromatic heterocycles. The highest BCUT2D eigenvalue weighted by atomic mass is 32.2. The second-order valence-electron chi connectivity index (χ2n) is 5.32. The molecule has 7 heteroatoms. The molecule has 0 aliphatic carbocycles. The number of carbonyl (C=O) groups is 1. The number of carbonyl (C=O) groups excluding carboxylic acids is 1. The van der Waals surface area contributed by atoms with E-state index in [0.717, 1.165) is 5.56 Å². The molecule has 0 fully saturated rings. The van der Waals surface area contributed by atoms with Crippen LogP contribution in [0, 0.1) is 6.92 Å². The fraction of sp³-hybridized carbons (Fsp3) is 0.235. The Labute approximate surface area is 141 Å². The molecule has 2 N–H and O–H groups in total. The topological polar surface area (TPSA) is 84.5 Å². The number of methoxy groups -OCH3 is 1. The third-order valence-corrected chi connectivity index (χ3v) is 5.05. The molecule has 0 aliphatic heterocycles. The number of hydrogen-bond donors (Lipinski definition) is 2. The molecule has 0 spiro atoms. The Morgan fingerprint density at radius 2 is 1.71 bits per heavy atom. The summed E-state index contributed by atoms with van der Waals surface area (Å²) >= 11 is 0. The fourth-order valence-electron chi connectivity index (χ4n) is 2.06. The predicted molar refractivity (Wildman–Crippen MR) is 92.6 cm³/mol. The van der Waals surface area contributed by atoms with Gasteiger partial charge < -0.3 is 10.1 Å². The van der Waals surface area contributed by atoms with E-state index in [4.69, 9.17) is 4.74 Å². The molecule has 0 bridgehead atoms. The molecule has 0 aliphatic rings. The third kappa shape index (κ3) is 4.33. The number of hydrogen-bond acceptors (Lipinski definition) is 4. The van der Waals surface area contributed by atoms with Crippen molar-refractivity contribution in [3.8, 4) is 5.75 Å². The lowest BCUT2D eigenvalue weighted by molar-refractivity contribution is -0.117. The number of amides is 1. The van der Waals surface area contributed by atoms with Crippen LogP contribution >= 0.6 is 0 Å². The van der Waals surface area contributed by atoms with E-state index in [1.54, 1.807) is 24.3 Å². The number of nitrogens with one attached hydrogen (secondary N) is 2. The molecule has 2 aromatic rings. The van der Waals surface area contributed by atoms with Gasteiger partial charge in [0.1, 0.15) is 5.75 Å². The van der Waals surface area contributed by atoms with Gasteiger partial charge in [0, 0.05) is 5.69 Å². The number of para-hydroxylation sites is 1. The summed E-state index contributed by atoms with van der Waals surface area (Å²) in [6, 6.07) is 12.3. The number of benzene rings is 2. The highest BCUT2D eigenvalue weighted by Crippen LogP contribution is 2.16. The van der Waals surface area contributed by atoms with Gasteiger partial charge in [-0.1, -0.05) is 18.2 Å². The van der Waals surface area contributed by atoms with Crippen LogP contribution in [0.1, 0.15) is 12.5 Å². The van der Waals surface area contributed by atoms with Crippen molar-refractivity contribution in [1.82, 2.24) is 4.72 Å². The highest BCUT2D eigenvalue weighted by Gasteiger charge is 2.22. The molecule has 6 nitrogen and oxygen atoms in total. The zero-order chi connectivity index (χ0) is 17.7. The van der Waals surface area contributed by atoms with E-state index < -0.39 is 22.0 Å². The summed E-state index contributed by atoms with van der Waals surface area (Å²) in [5, 5.41) is 2.72. The molecular weight excluding hydrogens is 328 g/mol. The normalized spacial score (nSPS) is 12.5. The molecule has 2 rings (SSSR count). The average Bonchev–Trinajstić information content (AvgIpc) is 2.56. The van der Waals surface area contributed by atoms with Crippen LogP contribution in [-0.4, -0.2) is 27.5 Å². The van der Waals surface area contributed by atoms with Crippen LogP contribution in [0.15, 0.2) is 53.4 Å². The molecule has 0 heterocycles. The predicted octanol–water partition coefficient (Wildman–Crippen LogP) is 2.31. The molecule has 24 heavy (non-hydrogen) atoms. The van der Waals surface area contributed by atoms with Gasteiger partial charge in [0.05, 0.1) is 18.0 Å². The Bertz CT molecular complexity index is 817. The van der Waals surface area contributed by atoms with Crippen molar-refractivity contribution in [3.63, 3.8) is 0 Å². The minimum absolute atomic E-state index is 0.0684. The van der Waals surface area contributed by atoms with Crippen LogP contribution in [0.2, 0.25) is 0 Å². The van der Waals surface area contributed by atoms with Gasteiger partial charge in [0.2, 0.25) is 15.9 Å². The first-order chi connectivity index (χ1) is 11.3. The monoisotopic (exact) mass is 348 g/mol. The van der Waals surface area contributed by atoms with Gasteiger partial charge in [0.25, 0.3) is 0 Å². The van der Waals surface area contributed by atoms with E-state index >= 15 is 0 Å². The summed E-state index contributed by atoms with van der Waals surface area (Å²) in [4.78, 5) is 12.3. The molecular formula is C17H20N2O4S. The zero-order valence-electron chi connectivity index (χ0n) is 13.7. The smallest absolute Gasteiger partial charge is 0.242 e. The molecule has 1 amide bonds. The zero-order valence-corrected chi connectivity index (χ0v) is 14.6. The van der Waals surface area contributed by atoms with Crippen LogP contribution in [0.25, 0.3) is 0 Å². The largest absolute Gasteiger partial charge is 0.497 e. The molecule has 0 radical (unpaired) electrons. The number of anilines is 1. The van der Waals surface area contributed by atoms with E-state index in [1.807, 2.05) is 19.1 Å². The van der Waals surface area contributed by atoms with Gasteiger partial charge in [-0.25, -0.2) is 8.42 Å². The van der Waals surface area contributed by atoms with Crippen molar-refractivity contribution in [1.29, 1.82) is 0 Å². The summed E-state index contributed by atoms with van der Waals surface area (Å²) in [5.41, 5.74) is 1.55. The van der Waals surface area contributed by atoms with E-state index in [9.17, 15) is 13.2 Å². The van der Waals surface area contributed by atoms with E-state index in [-0.39, 0.29) is 4.90 Å². The second kappa shape index (κ2) is 7.46. The van der Waals surface area contributed by atoms with Crippen molar-refractivity contribution >= 4 is 21.6 Å². The van der Waals surface area contributed by atoms with Gasteiger partial charge in [-0.05, 0) is 49.7 Å². The lowest BCUT2D eigenvalue weighted by atomic mass is 10.2. The van der Waals surface area contributed by atoms with Crippen molar-refractivity contribution < 1.29 is 17.9 Å². The maximum absolute atomic E-state index is 12.3. The summed E-state index contributed by atoms with van der Waals surface area (Å²) in [5.74, 6) is 0.126. The highest BCUT2D eigenvalue weighted by molar-refractivity contribution is 7.89. The van der Waals surface area contributed by atoms with Crippen molar-refractivity contribution in [2.45, 2.75) is 24.8 Å². The summed E-state index contributed by atoms with van der Waals surface area (Å²) in [7, 11) is -2.30. The van der Waals surface area contributed by atoms with Crippen LogP contribution in [0.3, 0.4) is 0 Å². The summed E-state index contributed by atoms with van der Waals surface area (Å²) < 4.78 is 32.0. The standard InChI is InChI=1S/C17H20N2O4S/c1-12-6-4-5-7-16(12)18-17(20)13(2)19-24(21,22)15-10-8-14(23-3)9-11-15/h4-11,13,19H,1-3H3,(H,18,20)/t13-/m1/s1. The molecule has 0 unspecified atom stereocenters. The Morgan fingerprint density at radius 3 is 2.29 bits per heavy atom. The van der Waals surface area contributed by atoms with E-state index in [1.165, 1.54) is 26.2 Å². The molecule has 0 saturated heterocycles. The van der Waals surface area contributed by atoms with Crippen molar-refractivity contribution in [2.24, 2.45) is 0 Å². The SMILES string of the molecule is COc1ccc(S(=O)(=O)N[C@H](C)C(=O)Nc2ccccc2C)cc1. The minimum Gasteiger partial charge on any atom is -0.497 e. The number of sulfonamides is 1. The number of ether oxygens (including phenoxy) is 1. The van der Waals surface area contributed by atoms with Crippen LogP contribution in [-0.2, 0) is 14.8 Å². The van der Waals surface area contributed by atoms with E-state index in [2.05, 4.69) is 10.0 Å². The maximum atomic E-state index is 12.3. The van der Waals surface area contributed by atoms with Crippen molar-refractivity contribution in [3.05, 3.63) is 54.1 Å². The summed E-state index contributed by atoms with van der Waals surface area (Å²) in [6.45, 7) is 3.36. The third-order valence-electron chi connectivity index (χ3n) is 3.50. The van der Waals surface area contributed by atoms with Crippen molar-refractivity contribution in [2.75, 3.05) is 12.4 Å². The molecule has 128 valence electrons. The first-order valence-electron chi connectivity index (χ1n) is 7.36. The van der Waals surface area contributed by atoms with Gasteiger partial charge in [0.15, 0.2) is 0 Å². The van der Waals surface area contributed by atoms with E-state index in [0.29, 0.717) is 11.4 Å². The first kappa shape index (κ1) is 18.0. The van der Waals surface area contributed by atoms with Crippen LogP contribution in [0.5, 0.6) is 5.75 Å². The maximum Gasteiger partial charge on any atom is 0.242 e. The lowest BCUT2D eigenvalue weighted by Crippen LogP contribution is -2.41. The fourth-order valence-corrected chi connectivity index (χ4v) is 3.27. The Balaban J connectivity index is 2.08. The first-order valence-corrected chi connectivity index (χ1v) is 8.84. The van der Waals surface area contributed by atoms with Gasteiger partial charge in [-0.2, -0.15) is 4.72 Å². The average molecular weight is 348 g/mol. The van der Waals surface area contributed by atoms with Crippen LogP contribution in [0.4, 0.5) is 5.69 Å². The lowest BCUT2D eigenvalue weighted by Gasteiger charge is -2.15. The molecule has 0 saturated carbocycles. The molecule has 2 aromatic carbocycles. The Hall–Kier alpha value is -2.38. The quantitative estimate of drug-likeness (QED) is 0.839. The minimum atomic E-state index is -3.80. The number of rotatable bonds is 6. The van der Waals surface area contributed by atoms with Gasteiger partial charge in [-0.15, -0.1) is 0 Å². The van der Waals surface area contributed by atoms with Crippen LogP contribution < -0.4 is 14.8 Å². The van der Waals surface area contributed by atoms with Gasteiger partial charge in [-0.3, -0.25) is 4.79 Å². The summed E-state index contributed by atoms with van der Waals surface area (Å²) in [6.07, 6.45) is 0. The van der Waals surface area contributed by atoms with Gasteiger partial charge >= 0.3 is 0 Å². The number of aryl methyl sites for hydroxylation is 1.